The predicted molar refractivity (Wildman–Crippen MR) is 102 cm³/mol. The molecule has 0 fully saturated rings. The number of amides is 1. The Labute approximate surface area is 155 Å². The number of benzene rings is 1. The van der Waals surface area contributed by atoms with Gasteiger partial charge < -0.3 is 5.32 Å². The van der Waals surface area contributed by atoms with Crippen LogP contribution in [0.25, 0.3) is 5.69 Å². The van der Waals surface area contributed by atoms with Crippen molar-refractivity contribution in [1.29, 1.82) is 0 Å². The molecule has 1 N–H and O–H groups in total. The van der Waals surface area contributed by atoms with Crippen LogP contribution in [0.3, 0.4) is 0 Å². The van der Waals surface area contributed by atoms with Crippen LogP contribution in [0, 0.1) is 13.8 Å². The van der Waals surface area contributed by atoms with Crippen LogP contribution in [-0.2, 0) is 10.0 Å². The van der Waals surface area contributed by atoms with Crippen molar-refractivity contribution in [3.63, 3.8) is 0 Å². The van der Waals surface area contributed by atoms with Crippen molar-refractivity contribution in [3.8, 4) is 5.69 Å². The zero-order valence-electron chi connectivity index (χ0n) is 15.7. The molecule has 0 spiro atoms. The maximum Gasteiger partial charge on any atom is 0.254 e. The first-order valence-electron chi connectivity index (χ1n) is 8.60. The highest BCUT2D eigenvalue weighted by Crippen LogP contribution is 2.17. The molecule has 0 aliphatic rings. The van der Waals surface area contributed by atoms with Gasteiger partial charge in [-0.05, 0) is 38.8 Å². The van der Waals surface area contributed by atoms with E-state index in [0.717, 1.165) is 16.9 Å². The first-order valence-corrected chi connectivity index (χ1v) is 10.2. The maximum absolute atomic E-state index is 12.4. The molecule has 2 aromatic rings. The molecule has 142 valence electrons. The summed E-state index contributed by atoms with van der Waals surface area (Å²) in [5.74, 6) is -0.129. The minimum absolute atomic E-state index is 0.0765. The zero-order chi connectivity index (χ0) is 19.3. The molecule has 1 heterocycles. The van der Waals surface area contributed by atoms with Gasteiger partial charge in [-0.2, -0.15) is 5.10 Å². The third-order valence-corrected chi connectivity index (χ3v) is 6.23. The van der Waals surface area contributed by atoms with E-state index in [-0.39, 0.29) is 11.7 Å². The van der Waals surface area contributed by atoms with Gasteiger partial charge in [0.2, 0.25) is 10.0 Å². The average molecular weight is 378 g/mol. The molecule has 1 amide bonds. The lowest BCUT2D eigenvalue weighted by atomic mass is 10.2. The van der Waals surface area contributed by atoms with E-state index in [1.54, 1.807) is 24.9 Å². The topological polar surface area (TPSA) is 84.3 Å². The number of para-hydroxylation sites is 1. The molecule has 0 aliphatic heterocycles. The van der Waals surface area contributed by atoms with E-state index in [2.05, 4.69) is 10.4 Å². The third kappa shape index (κ3) is 4.50. The van der Waals surface area contributed by atoms with Gasteiger partial charge in [-0.1, -0.05) is 18.2 Å². The quantitative estimate of drug-likeness (QED) is 0.711. The monoisotopic (exact) mass is 378 g/mol. The molecule has 0 unspecified atom stereocenters. The van der Waals surface area contributed by atoms with Crippen molar-refractivity contribution < 1.29 is 13.2 Å². The molecular formula is C18H26N4O3S. The Morgan fingerprint density at radius 1 is 1.27 bits per heavy atom. The number of nitrogens with zero attached hydrogens (tertiary/aromatic N) is 3. The lowest BCUT2D eigenvalue weighted by molar-refractivity contribution is 0.0952. The first kappa shape index (κ1) is 20.1. The van der Waals surface area contributed by atoms with Gasteiger partial charge in [0.1, 0.15) is 0 Å². The molecule has 7 nitrogen and oxygen atoms in total. The molecule has 0 saturated heterocycles. The molecule has 0 saturated carbocycles. The van der Waals surface area contributed by atoms with Crippen LogP contribution < -0.4 is 5.32 Å². The summed E-state index contributed by atoms with van der Waals surface area (Å²) in [5, 5.41) is 7.17. The normalized spacial score (nSPS) is 11.7. The van der Waals surface area contributed by atoms with E-state index >= 15 is 0 Å². The van der Waals surface area contributed by atoms with E-state index in [4.69, 9.17) is 0 Å². The zero-order valence-corrected chi connectivity index (χ0v) is 16.5. The second kappa shape index (κ2) is 8.46. The van der Waals surface area contributed by atoms with Crippen LogP contribution in [0.4, 0.5) is 0 Å². The summed E-state index contributed by atoms with van der Waals surface area (Å²) in [4.78, 5) is 12.4. The fourth-order valence-electron chi connectivity index (χ4n) is 2.63. The summed E-state index contributed by atoms with van der Waals surface area (Å²) >= 11 is 0. The number of hydrogen-bond acceptors (Lipinski definition) is 4. The number of hydrogen-bond donors (Lipinski definition) is 1. The van der Waals surface area contributed by atoms with Gasteiger partial charge in [-0.3, -0.25) is 4.79 Å². The molecule has 1 aromatic heterocycles. The first-order chi connectivity index (χ1) is 12.3. The summed E-state index contributed by atoms with van der Waals surface area (Å²) in [6.45, 7) is 6.24. The highest BCUT2D eigenvalue weighted by atomic mass is 32.2. The number of aromatic nitrogens is 2. The average Bonchev–Trinajstić information content (AvgIpc) is 3.00. The number of sulfonamides is 1. The molecule has 8 heteroatoms. The lowest BCUT2D eigenvalue weighted by Crippen LogP contribution is -2.32. The van der Waals surface area contributed by atoms with Crippen LogP contribution in [0.5, 0.6) is 0 Å². The Morgan fingerprint density at radius 3 is 2.62 bits per heavy atom. The van der Waals surface area contributed by atoms with E-state index in [0.29, 0.717) is 25.1 Å². The highest BCUT2D eigenvalue weighted by molar-refractivity contribution is 7.89. The second-order valence-electron chi connectivity index (χ2n) is 6.17. The van der Waals surface area contributed by atoms with Gasteiger partial charge in [0.25, 0.3) is 5.91 Å². The smallest absolute Gasteiger partial charge is 0.254 e. The maximum atomic E-state index is 12.4. The summed E-state index contributed by atoms with van der Waals surface area (Å²) in [6.07, 6.45) is 2.11. The molecule has 0 aliphatic carbocycles. The van der Waals surface area contributed by atoms with E-state index in [9.17, 15) is 13.2 Å². The Kier molecular flexibility index (Phi) is 6.55. The Balaban J connectivity index is 1.96. The SMILES string of the molecule is CCS(=O)(=O)N(C)CCCNC(=O)c1cnn(-c2ccccc2C)c1C. The van der Waals surface area contributed by atoms with Crippen molar-refractivity contribution in [2.75, 3.05) is 25.9 Å². The summed E-state index contributed by atoms with van der Waals surface area (Å²) < 4.78 is 26.4. The van der Waals surface area contributed by atoms with Crippen LogP contribution in [-0.4, -0.2) is 54.3 Å². The van der Waals surface area contributed by atoms with Gasteiger partial charge in [-0.15, -0.1) is 0 Å². The molecule has 1 aromatic carbocycles. The van der Waals surface area contributed by atoms with E-state index in [1.807, 2.05) is 38.1 Å². The van der Waals surface area contributed by atoms with Crippen LogP contribution in [0.15, 0.2) is 30.5 Å². The Bertz CT molecular complexity index is 874. The van der Waals surface area contributed by atoms with Crippen molar-refractivity contribution in [2.45, 2.75) is 27.2 Å². The molecular weight excluding hydrogens is 352 g/mol. The largest absolute Gasteiger partial charge is 0.352 e. The summed E-state index contributed by atoms with van der Waals surface area (Å²) in [7, 11) is -1.63. The van der Waals surface area contributed by atoms with Crippen LogP contribution in [0.1, 0.15) is 35.0 Å². The van der Waals surface area contributed by atoms with Gasteiger partial charge in [0, 0.05) is 20.1 Å². The minimum Gasteiger partial charge on any atom is -0.352 e. The summed E-state index contributed by atoms with van der Waals surface area (Å²) in [5.41, 5.74) is 3.30. The molecule has 0 radical (unpaired) electrons. The summed E-state index contributed by atoms with van der Waals surface area (Å²) in [6, 6.07) is 7.85. The fraction of sp³-hybridized carbons (Fsp3) is 0.444. The number of carbonyl (C=O) groups excluding carboxylic acids is 1. The van der Waals surface area contributed by atoms with Crippen molar-refractivity contribution in [1.82, 2.24) is 19.4 Å². The van der Waals surface area contributed by atoms with Crippen LogP contribution >= 0.6 is 0 Å². The van der Waals surface area contributed by atoms with Crippen molar-refractivity contribution in [2.24, 2.45) is 0 Å². The third-order valence-electron chi connectivity index (χ3n) is 4.37. The van der Waals surface area contributed by atoms with Gasteiger partial charge in [0.05, 0.1) is 28.9 Å². The standard InChI is InChI=1S/C18H26N4O3S/c1-5-26(24,25)21(4)12-8-11-19-18(23)16-13-20-22(15(16)3)17-10-7-6-9-14(17)2/h6-7,9-10,13H,5,8,11-12H2,1-4H3,(H,19,23). The van der Waals surface area contributed by atoms with Gasteiger partial charge >= 0.3 is 0 Å². The minimum atomic E-state index is -3.18. The van der Waals surface area contributed by atoms with Crippen molar-refractivity contribution >= 4 is 15.9 Å². The fourth-order valence-corrected chi connectivity index (χ4v) is 3.48. The molecule has 2 rings (SSSR count). The van der Waals surface area contributed by atoms with Crippen LogP contribution in [0.2, 0.25) is 0 Å². The molecule has 0 atom stereocenters. The van der Waals surface area contributed by atoms with Gasteiger partial charge in [0.15, 0.2) is 0 Å². The van der Waals surface area contributed by atoms with Crippen molar-refractivity contribution in [3.05, 3.63) is 47.3 Å². The Morgan fingerprint density at radius 2 is 1.96 bits per heavy atom. The highest BCUT2D eigenvalue weighted by Gasteiger charge is 2.17. The number of aryl methyl sites for hydroxylation is 1. The molecule has 26 heavy (non-hydrogen) atoms. The number of nitrogens with one attached hydrogen (secondary N) is 1. The van der Waals surface area contributed by atoms with E-state index in [1.165, 1.54) is 4.31 Å². The number of carbonyl (C=O) groups is 1. The number of rotatable bonds is 8. The van der Waals surface area contributed by atoms with Gasteiger partial charge in [-0.25, -0.2) is 17.4 Å². The van der Waals surface area contributed by atoms with E-state index < -0.39 is 10.0 Å². The Hall–Kier alpha value is -2.19. The second-order valence-corrected chi connectivity index (χ2v) is 8.54. The predicted octanol–water partition coefficient (Wildman–Crippen LogP) is 1.89. The molecule has 0 bridgehead atoms. The lowest BCUT2D eigenvalue weighted by Gasteiger charge is -2.15.